The molecular formula is C3H3F2. The summed E-state index contributed by atoms with van der Waals surface area (Å²) in [6, 6.07) is 0. The summed E-state index contributed by atoms with van der Waals surface area (Å²) in [4.78, 5) is 0. The zero-order chi connectivity index (χ0) is 4.28. The fourth-order valence-electron chi connectivity index (χ4n) is 0. The Kier molecular flexibility index (Phi) is 1.73. The van der Waals surface area contributed by atoms with Gasteiger partial charge in [-0.3, -0.25) is 0 Å². The molecule has 0 N–H and O–H groups in total. The van der Waals surface area contributed by atoms with Crippen LogP contribution in [-0.2, 0) is 0 Å². The molecule has 0 rings (SSSR count). The van der Waals surface area contributed by atoms with Gasteiger partial charge in [0, 0.05) is 0 Å². The van der Waals surface area contributed by atoms with Crippen molar-refractivity contribution in [1.29, 1.82) is 0 Å². The molecule has 0 unspecified atom stereocenters. The molecule has 0 nitrogen and oxygen atoms in total. The fourth-order valence-corrected chi connectivity index (χ4v) is 0. The van der Waals surface area contributed by atoms with Gasteiger partial charge >= 0.3 is 0 Å². The maximum absolute atomic E-state index is 10.9. The zero-order valence-corrected chi connectivity index (χ0v) is 2.76. The molecular weight excluding hydrogens is 74.0 g/mol. The smallest absolute Gasteiger partial charge is 0.192 e. The van der Waals surface area contributed by atoms with E-state index in [1.54, 1.807) is 0 Å². The average Bonchev–Trinajstić information content (AvgIpc) is 1.38. The highest BCUT2D eigenvalue weighted by Crippen LogP contribution is 1.88. The van der Waals surface area contributed by atoms with Gasteiger partial charge in [0.15, 0.2) is 6.33 Å². The van der Waals surface area contributed by atoms with Gasteiger partial charge in [0.25, 0.3) is 0 Å². The van der Waals surface area contributed by atoms with Gasteiger partial charge in [0.2, 0.25) is 0 Å². The molecule has 0 aliphatic rings. The van der Waals surface area contributed by atoms with E-state index < -0.39 is 5.83 Å². The minimum Gasteiger partial charge on any atom is -0.209 e. The monoisotopic (exact) mass is 77.0 g/mol. The lowest BCUT2D eigenvalue weighted by Gasteiger charge is -1.63. The van der Waals surface area contributed by atoms with E-state index in [0.717, 1.165) is 13.3 Å². The van der Waals surface area contributed by atoms with Gasteiger partial charge in [-0.2, -0.15) is 0 Å². The summed E-state index contributed by atoms with van der Waals surface area (Å²) in [7, 11) is 0. The highest BCUT2D eigenvalue weighted by Gasteiger charge is 1.73. The largest absolute Gasteiger partial charge is 0.209 e. The van der Waals surface area contributed by atoms with E-state index in [-0.39, 0.29) is 0 Å². The third-order valence-corrected chi connectivity index (χ3v) is 0.130. The number of halogens is 2. The van der Waals surface area contributed by atoms with Gasteiger partial charge in [0.1, 0.15) is 5.83 Å². The third kappa shape index (κ3) is 3.60. The van der Waals surface area contributed by atoms with Gasteiger partial charge in [-0.25, -0.2) is 8.78 Å². The van der Waals surface area contributed by atoms with Gasteiger partial charge in [0.05, 0.1) is 0 Å². The van der Waals surface area contributed by atoms with Crippen LogP contribution in [0.4, 0.5) is 8.78 Å². The molecule has 29 valence electrons. The number of rotatable bonds is 0. The van der Waals surface area contributed by atoms with E-state index in [4.69, 9.17) is 0 Å². The van der Waals surface area contributed by atoms with Crippen LogP contribution in [0.2, 0.25) is 0 Å². The number of hydrogen-bond acceptors (Lipinski definition) is 0. The average molecular weight is 77.1 g/mol. The van der Waals surface area contributed by atoms with E-state index in [1.165, 1.54) is 0 Å². The summed E-state index contributed by atoms with van der Waals surface area (Å²) in [6.45, 7) is 0.986. The Balaban J connectivity index is 3.14. The molecule has 5 heavy (non-hydrogen) atoms. The van der Waals surface area contributed by atoms with Crippen LogP contribution >= 0.6 is 0 Å². The zero-order valence-electron chi connectivity index (χ0n) is 2.76. The molecule has 0 spiro atoms. The predicted octanol–water partition coefficient (Wildman–Crippen LogP) is 1.59. The molecule has 0 amide bonds. The summed E-state index contributed by atoms with van der Waals surface area (Å²) in [5, 5.41) is 0. The van der Waals surface area contributed by atoms with E-state index in [2.05, 4.69) is 0 Å². The molecule has 2 heteroatoms. The van der Waals surface area contributed by atoms with Crippen LogP contribution in [0.25, 0.3) is 0 Å². The van der Waals surface area contributed by atoms with Crippen LogP contribution in [0.3, 0.4) is 0 Å². The Bertz CT molecular complexity index is 42.9. The standard InChI is InChI=1S/C3H3F2/c1-3(5)2-4/h1H3. The third-order valence-electron chi connectivity index (χ3n) is 0.130. The second-order valence-corrected chi connectivity index (χ2v) is 0.628. The van der Waals surface area contributed by atoms with Crippen LogP contribution in [0.1, 0.15) is 6.92 Å². The molecule has 0 atom stereocenters. The van der Waals surface area contributed by atoms with Crippen LogP contribution < -0.4 is 0 Å². The summed E-state index contributed by atoms with van der Waals surface area (Å²) < 4.78 is 21.3. The lowest BCUT2D eigenvalue weighted by Crippen LogP contribution is -1.47. The van der Waals surface area contributed by atoms with Gasteiger partial charge in [-0.1, -0.05) is 0 Å². The van der Waals surface area contributed by atoms with Crippen LogP contribution in [0.15, 0.2) is 5.83 Å². The molecule has 0 aliphatic heterocycles. The summed E-state index contributed by atoms with van der Waals surface area (Å²) in [5.74, 6) is -0.912. The van der Waals surface area contributed by atoms with E-state index in [1.807, 2.05) is 0 Å². The van der Waals surface area contributed by atoms with Crippen molar-refractivity contribution < 1.29 is 8.78 Å². The molecule has 0 fully saturated rings. The quantitative estimate of drug-likeness (QED) is 0.412. The van der Waals surface area contributed by atoms with Crippen molar-refractivity contribution in [3.8, 4) is 0 Å². The fraction of sp³-hybridized carbons (Fsp3) is 0.333. The second-order valence-electron chi connectivity index (χ2n) is 0.628. The molecule has 0 aliphatic carbocycles. The first-order chi connectivity index (χ1) is 2.27. The van der Waals surface area contributed by atoms with Gasteiger partial charge < -0.3 is 0 Å². The minimum atomic E-state index is -0.912. The van der Waals surface area contributed by atoms with Crippen molar-refractivity contribution in [2.24, 2.45) is 0 Å². The summed E-state index contributed by atoms with van der Waals surface area (Å²) in [5.41, 5.74) is 0. The Morgan fingerprint density at radius 3 is 2.00 bits per heavy atom. The maximum atomic E-state index is 10.9. The first kappa shape index (κ1) is 4.60. The molecule has 0 aromatic rings. The van der Waals surface area contributed by atoms with Crippen LogP contribution in [0, 0.1) is 6.33 Å². The van der Waals surface area contributed by atoms with E-state index in [9.17, 15) is 8.78 Å². The minimum absolute atomic E-state index is 0.778. The number of hydrogen-bond donors (Lipinski definition) is 0. The Labute approximate surface area is 29.1 Å². The topological polar surface area (TPSA) is 0 Å². The molecule has 0 saturated heterocycles. The van der Waals surface area contributed by atoms with Crippen LogP contribution in [0.5, 0.6) is 0 Å². The molecule has 0 bridgehead atoms. The summed E-state index contributed by atoms with van der Waals surface area (Å²) >= 11 is 0. The van der Waals surface area contributed by atoms with E-state index in [0.29, 0.717) is 0 Å². The maximum Gasteiger partial charge on any atom is 0.192 e. The first-order valence-corrected chi connectivity index (χ1v) is 1.13. The number of allylic oxidation sites excluding steroid dienone is 1. The van der Waals surface area contributed by atoms with Crippen molar-refractivity contribution >= 4 is 0 Å². The normalized spacial score (nSPS) is 12.2. The van der Waals surface area contributed by atoms with E-state index >= 15 is 0 Å². The molecule has 0 heterocycles. The second kappa shape index (κ2) is 1.88. The van der Waals surface area contributed by atoms with Crippen molar-refractivity contribution in [3.63, 3.8) is 0 Å². The van der Waals surface area contributed by atoms with Crippen molar-refractivity contribution in [2.75, 3.05) is 0 Å². The molecule has 1 radical (unpaired) electrons. The highest BCUT2D eigenvalue weighted by atomic mass is 19.2. The molecule has 0 aromatic heterocycles. The molecule has 0 saturated carbocycles. The SMILES string of the molecule is C/C(F)=[C]\F. The van der Waals surface area contributed by atoms with Crippen molar-refractivity contribution in [1.82, 2.24) is 0 Å². The Hall–Kier alpha value is -0.400. The van der Waals surface area contributed by atoms with Gasteiger partial charge in [-0.15, -0.1) is 0 Å². The Morgan fingerprint density at radius 2 is 2.00 bits per heavy atom. The lowest BCUT2D eigenvalue weighted by molar-refractivity contribution is 0.564. The lowest BCUT2D eigenvalue weighted by atomic mass is 10.7. The summed E-state index contributed by atoms with van der Waals surface area (Å²) in [6.07, 6.45) is 0.778. The van der Waals surface area contributed by atoms with Gasteiger partial charge in [-0.05, 0) is 6.92 Å². The predicted molar refractivity (Wildman–Crippen MR) is 14.6 cm³/mol. The van der Waals surface area contributed by atoms with Crippen LogP contribution in [-0.4, -0.2) is 0 Å². The molecule has 0 aromatic carbocycles. The van der Waals surface area contributed by atoms with Crippen molar-refractivity contribution in [2.45, 2.75) is 6.92 Å². The first-order valence-electron chi connectivity index (χ1n) is 1.13. The Morgan fingerprint density at radius 1 is 1.80 bits per heavy atom. The highest BCUT2D eigenvalue weighted by molar-refractivity contribution is 4.68. The van der Waals surface area contributed by atoms with Crippen molar-refractivity contribution in [3.05, 3.63) is 12.2 Å².